The zero-order chi connectivity index (χ0) is 12.0. The van der Waals surface area contributed by atoms with Crippen LogP contribution in [-0.2, 0) is 4.74 Å². The van der Waals surface area contributed by atoms with Crippen LogP contribution in [0.1, 0.15) is 33.6 Å². The van der Waals surface area contributed by atoms with Gasteiger partial charge in [-0.25, -0.2) is 4.79 Å². The Bertz CT molecular complexity index is 294. The Morgan fingerprint density at radius 2 is 2.25 bits per heavy atom. The minimum absolute atomic E-state index is 0.185. The Balaban J connectivity index is 1.96. The molecule has 2 fully saturated rings. The summed E-state index contributed by atoms with van der Waals surface area (Å²) in [6, 6.07) is 0. The molecule has 16 heavy (non-hydrogen) atoms. The number of fused-ring (bicyclic) bond motifs is 1. The number of rotatable bonds is 1. The van der Waals surface area contributed by atoms with Crippen LogP contribution in [0.15, 0.2) is 0 Å². The number of likely N-dealkylation sites (tertiary alicyclic amines) is 1. The van der Waals surface area contributed by atoms with Crippen molar-refractivity contribution in [1.82, 2.24) is 4.90 Å². The molecule has 2 aliphatic rings. The van der Waals surface area contributed by atoms with Crippen LogP contribution in [0.4, 0.5) is 4.79 Å². The molecule has 0 radical (unpaired) electrons. The Kier molecular flexibility index (Phi) is 2.65. The van der Waals surface area contributed by atoms with Crippen molar-refractivity contribution in [2.75, 3.05) is 19.6 Å². The SMILES string of the molecule is CC(C)(C)OC(=O)N1C[C@@H]2CC[C@]2(CN)C1. The van der Waals surface area contributed by atoms with E-state index >= 15 is 0 Å². The zero-order valence-electron chi connectivity index (χ0n) is 10.5. The summed E-state index contributed by atoms with van der Waals surface area (Å²) in [7, 11) is 0. The summed E-state index contributed by atoms with van der Waals surface area (Å²) < 4.78 is 5.38. The molecule has 1 heterocycles. The lowest BCUT2D eigenvalue weighted by Crippen LogP contribution is -2.45. The maximum absolute atomic E-state index is 11.9. The van der Waals surface area contributed by atoms with Gasteiger partial charge in [-0.1, -0.05) is 0 Å². The van der Waals surface area contributed by atoms with Crippen molar-refractivity contribution in [3.8, 4) is 0 Å². The molecule has 0 aromatic carbocycles. The quantitative estimate of drug-likeness (QED) is 0.738. The van der Waals surface area contributed by atoms with E-state index in [-0.39, 0.29) is 11.5 Å². The van der Waals surface area contributed by atoms with E-state index in [0.717, 1.165) is 19.5 Å². The monoisotopic (exact) mass is 226 g/mol. The van der Waals surface area contributed by atoms with Crippen molar-refractivity contribution >= 4 is 6.09 Å². The van der Waals surface area contributed by atoms with Crippen LogP contribution in [0.25, 0.3) is 0 Å². The number of nitrogens with zero attached hydrogens (tertiary/aromatic N) is 1. The van der Waals surface area contributed by atoms with E-state index in [1.54, 1.807) is 0 Å². The van der Waals surface area contributed by atoms with Gasteiger partial charge in [-0.05, 0) is 46.1 Å². The fourth-order valence-electron chi connectivity index (χ4n) is 2.76. The number of amides is 1. The first-order valence-electron chi connectivity index (χ1n) is 6.04. The molecular formula is C12H22N2O2. The number of carbonyl (C=O) groups is 1. The minimum atomic E-state index is -0.408. The van der Waals surface area contributed by atoms with E-state index in [9.17, 15) is 4.79 Å². The highest BCUT2D eigenvalue weighted by atomic mass is 16.6. The third kappa shape index (κ3) is 1.90. The lowest BCUT2D eigenvalue weighted by atomic mass is 9.62. The second kappa shape index (κ2) is 3.62. The molecule has 2 N–H and O–H groups in total. The molecule has 4 heteroatoms. The third-order valence-corrected chi connectivity index (χ3v) is 3.86. The third-order valence-electron chi connectivity index (χ3n) is 3.86. The van der Waals surface area contributed by atoms with E-state index < -0.39 is 5.60 Å². The molecule has 4 nitrogen and oxygen atoms in total. The Labute approximate surface area is 97.1 Å². The number of hydrogen-bond acceptors (Lipinski definition) is 3. The normalized spacial score (nSPS) is 33.2. The highest BCUT2D eigenvalue weighted by Gasteiger charge is 2.53. The van der Waals surface area contributed by atoms with Gasteiger partial charge in [-0.2, -0.15) is 0 Å². The molecule has 0 spiro atoms. The molecule has 1 saturated carbocycles. The summed E-state index contributed by atoms with van der Waals surface area (Å²) in [4.78, 5) is 13.7. The Morgan fingerprint density at radius 3 is 2.62 bits per heavy atom. The lowest BCUT2D eigenvalue weighted by molar-refractivity contribution is 0.0272. The maximum atomic E-state index is 11.9. The van der Waals surface area contributed by atoms with Gasteiger partial charge in [0.05, 0.1) is 0 Å². The van der Waals surface area contributed by atoms with Crippen LogP contribution in [0.2, 0.25) is 0 Å². The van der Waals surface area contributed by atoms with Gasteiger partial charge in [0.1, 0.15) is 5.60 Å². The van der Waals surface area contributed by atoms with Crippen LogP contribution in [0, 0.1) is 11.3 Å². The van der Waals surface area contributed by atoms with Gasteiger partial charge in [0.15, 0.2) is 0 Å². The van der Waals surface area contributed by atoms with Crippen molar-refractivity contribution in [1.29, 1.82) is 0 Å². The second-order valence-corrected chi connectivity index (χ2v) is 6.16. The van der Waals surface area contributed by atoms with Crippen molar-refractivity contribution in [3.05, 3.63) is 0 Å². The summed E-state index contributed by atoms with van der Waals surface area (Å²) in [6.45, 7) is 7.99. The van der Waals surface area contributed by atoms with Gasteiger partial charge in [-0.3, -0.25) is 0 Å². The fraction of sp³-hybridized carbons (Fsp3) is 0.917. The molecule has 0 unspecified atom stereocenters. The van der Waals surface area contributed by atoms with Crippen molar-refractivity contribution in [2.45, 2.75) is 39.2 Å². The van der Waals surface area contributed by atoms with Crippen LogP contribution >= 0.6 is 0 Å². The van der Waals surface area contributed by atoms with E-state index in [1.165, 1.54) is 6.42 Å². The van der Waals surface area contributed by atoms with Crippen molar-refractivity contribution < 1.29 is 9.53 Å². The molecule has 0 aromatic rings. The summed E-state index contributed by atoms with van der Waals surface area (Å²) in [5.74, 6) is 0.602. The van der Waals surface area contributed by atoms with Crippen LogP contribution in [0.3, 0.4) is 0 Å². The molecule has 2 atom stereocenters. The first-order valence-corrected chi connectivity index (χ1v) is 6.04. The fourth-order valence-corrected chi connectivity index (χ4v) is 2.76. The maximum Gasteiger partial charge on any atom is 0.410 e. The first kappa shape index (κ1) is 11.7. The van der Waals surface area contributed by atoms with E-state index in [4.69, 9.17) is 10.5 Å². The predicted octanol–water partition coefficient (Wildman–Crippen LogP) is 1.59. The summed E-state index contributed by atoms with van der Waals surface area (Å²) in [6.07, 6.45) is 2.18. The zero-order valence-corrected chi connectivity index (χ0v) is 10.5. The van der Waals surface area contributed by atoms with Crippen LogP contribution in [-0.4, -0.2) is 36.2 Å². The van der Waals surface area contributed by atoms with Crippen molar-refractivity contribution in [3.63, 3.8) is 0 Å². The largest absolute Gasteiger partial charge is 0.444 e. The molecule has 0 bridgehead atoms. The average Bonchev–Trinajstić information content (AvgIpc) is 2.37. The predicted molar refractivity (Wildman–Crippen MR) is 62.0 cm³/mol. The first-order chi connectivity index (χ1) is 7.36. The number of carbonyl (C=O) groups excluding carboxylic acids is 1. The highest BCUT2D eigenvalue weighted by Crippen LogP contribution is 2.51. The minimum Gasteiger partial charge on any atom is -0.444 e. The van der Waals surface area contributed by atoms with E-state index in [1.807, 2.05) is 25.7 Å². The van der Waals surface area contributed by atoms with Crippen LogP contribution in [0.5, 0.6) is 0 Å². The van der Waals surface area contributed by atoms with Gasteiger partial charge in [-0.15, -0.1) is 0 Å². The summed E-state index contributed by atoms with van der Waals surface area (Å²) >= 11 is 0. The molecule has 1 saturated heterocycles. The molecule has 1 amide bonds. The number of hydrogen-bond donors (Lipinski definition) is 1. The smallest absolute Gasteiger partial charge is 0.410 e. The standard InChI is InChI=1S/C12H22N2O2/c1-11(2,3)16-10(15)14-6-9-4-5-12(9,7-13)8-14/h9H,4-8,13H2,1-3H3/t9-,12-/m0/s1. The van der Waals surface area contributed by atoms with E-state index in [0.29, 0.717) is 12.5 Å². The molecule has 92 valence electrons. The number of nitrogens with two attached hydrogens (primary N) is 1. The summed E-state index contributed by atoms with van der Waals surface area (Å²) in [5.41, 5.74) is 5.62. The van der Waals surface area contributed by atoms with Crippen molar-refractivity contribution in [2.24, 2.45) is 17.1 Å². The van der Waals surface area contributed by atoms with Gasteiger partial charge in [0.2, 0.25) is 0 Å². The topological polar surface area (TPSA) is 55.6 Å². The molecule has 1 aliphatic heterocycles. The Morgan fingerprint density at radius 1 is 1.56 bits per heavy atom. The molecule has 1 aliphatic carbocycles. The van der Waals surface area contributed by atoms with E-state index in [2.05, 4.69) is 0 Å². The van der Waals surface area contributed by atoms with Gasteiger partial charge >= 0.3 is 6.09 Å². The summed E-state index contributed by atoms with van der Waals surface area (Å²) in [5, 5.41) is 0. The molecule has 2 rings (SSSR count). The average molecular weight is 226 g/mol. The van der Waals surface area contributed by atoms with Crippen LogP contribution < -0.4 is 5.73 Å². The number of ether oxygens (including phenoxy) is 1. The van der Waals surface area contributed by atoms with Gasteiger partial charge < -0.3 is 15.4 Å². The van der Waals surface area contributed by atoms with Gasteiger partial charge in [0.25, 0.3) is 0 Å². The van der Waals surface area contributed by atoms with Gasteiger partial charge in [0, 0.05) is 18.5 Å². The highest BCUT2D eigenvalue weighted by molar-refractivity contribution is 5.68. The molecule has 0 aromatic heterocycles. The second-order valence-electron chi connectivity index (χ2n) is 6.16. The Hall–Kier alpha value is -0.770. The lowest BCUT2D eigenvalue weighted by Gasteiger charge is -2.42. The molecular weight excluding hydrogens is 204 g/mol.